The molecule has 0 aromatic heterocycles. The molecule has 0 aromatic carbocycles. The van der Waals surface area contributed by atoms with Crippen LogP contribution in [0.4, 0.5) is 0 Å². The smallest absolute Gasteiger partial charge is 0.382 e. The molecule has 0 bridgehead atoms. The van der Waals surface area contributed by atoms with Gasteiger partial charge in [0.2, 0.25) is 0 Å². The summed E-state index contributed by atoms with van der Waals surface area (Å²) in [6.45, 7) is 2.46. The van der Waals surface area contributed by atoms with Gasteiger partial charge < -0.3 is 19.7 Å². The Labute approximate surface area is 274 Å². The molecule has 1 rings (SSSR count). The molecule has 0 aliphatic carbocycles. The van der Waals surface area contributed by atoms with Gasteiger partial charge in [0.05, 0.1) is 6.61 Å². The van der Waals surface area contributed by atoms with Crippen LogP contribution in [-0.4, -0.2) is 64.2 Å². The lowest BCUT2D eigenvalue weighted by atomic mass is 9.81. The quantitative estimate of drug-likeness (QED) is 0.136. The summed E-state index contributed by atoms with van der Waals surface area (Å²) in [4.78, 5) is 21.6. The predicted octanol–water partition coefficient (Wildman–Crippen LogP) is 1.25. The van der Waals surface area contributed by atoms with Gasteiger partial charge in [-0.05, 0) is 114 Å². The van der Waals surface area contributed by atoms with Crippen molar-refractivity contribution in [2.45, 2.75) is 63.7 Å². The molecule has 2 unspecified atom stereocenters. The number of unbranched alkanes of at least 4 members (excludes halogenated alkanes) is 4. The van der Waals surface area contributed by atoms with Gasteiger partial charge in [0.1, 0.15) is 20.1 Å². The summed E-state index contributed by atoms with van der Waals surface area (Å²) in [7, 11) is 0.461. The first-order valence-corrected chi connectivity index (χ1v) is 15.8. The zero-order valence-corrected chi connectivity index (χ0v) is 27.2. The minimum Gasteiger partial charge on any atom is -0.382 e. The van der Waals surface area contributed by atoms with Crippen LogP contribution >= 0.6 is 7.82 Å². The molecule has 0 spiro atoms. The minimum atomic E-state index is -4.15. The summed E-state index contributed by atoms with van der Waals surface area (Å²) >= 11 is 0. The average molecular weight is 633 g/mol. The fraction of sp³-hybridized carbons (Fsp3) is 0.417. The lowest BCUT2D eigenvalue weighted by Gasteiger charge is -2.25. The monoisotopic (exact) mass is 633 g/mol. The zero-order valence-electron chi connectivity index (χ0n) is 26.3. The number of carbonyl (C=O) groups excluding carboxylic acids is 1. The van der Waals surface area contributed by atoms with Crippen LogP contribution < -0.4 is 5.32 Å². The Morgan fingerprint density at radius 1 is 0.783 bits per heavy atom. The molecule has 46 heavy (non-hydrogen) atoms. The van der Waals surface area contributed by atoms with Gasteiger partial charge in [0.15, 0.2) is 0 Å². The highest BCUT2D eigenvalue weighted by Gasteiger charge is 2.45. The number of amides is 1. The minimum absolute atomic E-state index is 0.0493. The number of hydrogen-bond acceptors (Lipinski definition) is 6. The van der Waals surface area contributed by atoms with Crippen molar-refractivity contribution < 1.29 is 32.8 Å². The van der Waals surface area contributed by atoms with E-state index in [2.05, 4.69) is 128 Å². The van der Waals surface area contributed by atoms with Crippen molar-refractivity contribution in [3.8, 4) is 118 Å². The van der Waals surface area contributed by atoms with Crippen molar-refractivity contribution in [1.82, 2.24) is 5.32 Å². The van der Waals surface area contributed by atoms with Crippen LogP contribution in [0.15, 0.2) is 0 Å². The number of hydrogen-bond donors (Lipinski definition) is 2. The Morgan fingerprint density at radius 2 is 1.26 bits per heavy atom. The zero-order chi connectivity index (χ0) is 33.7. The summed E-state index contributed by atoms with van der Waals surface area (Å²) in [6.07, 6.45) is 4.38. The van der Waals surface area contributed by atoms with Crippen LogP contribution in [0.1, 0.15) is 45.4 Å². The number of ether oxygens (including phenoxy) is 2. The van der Waals surface area contributed by atoms with E-state index in [1.165, 1.54) is 0 Å². The van der Waals surface area contributed by atoms with E-state index >= 15 is 0 Å². The molecule has 1 amide bonds. The van der Waals surface area contributed by atoms with Gasteiger partial charge in [-0.2, -0.15) is 0 Å². The SMILES string of the molecule is B[C@@H]1O[C@H](COC)C(OP(=O)(O)OC)[C@@H]1CCCCCCCNC(=O)C#CC#CC#CC#CC#CC#CC#CC#CC#CC#CC. The second-order valence-corrected chi connectivity index (χ2v) is 10.7. The molecular formula is C36H33BNO7P. The Morgan fingerprint density at radius 3 is 1.76 bits per heavy atom. The van der Waals surface area contributed by atoms with Gasteiger partial charge in [-0.1, -0.05) is 31.6 Å². The normalized spacial score (nSPS) is 17.6. The van der Waals surface area contributed by atoms with E-state index in [0.29, 0.717) is 6.54 Å². The summed E-state index contributed by atoms with van der Waals surface area (Å²) in [5, 5.41) is 2.74. The molecule has 1 fully saturated rings. The molecule has 1 aliphatic rings. The maximum atomic E-state index is 12.0. The van der Waals surface area contributed by atoms with Crippen molar-refractivity contribution >= 4 is 21.6 Å². The molecule has 232 valence electrons. The van der Waals surface area contributed by atoms with Gasteiger partial charge in [-0.15, -0.1) is 0 Å². The van der Waals surface area contributed by atoms with E-state index in [1.54, 1.807) is 14.0 Å². The lowest BCUT2D eigenvalue weighted by Crippen LogP contribution is -2.33. The van der Waals surface area contributed by atoms with E-state index in [1.807, 2.05) is 7.85 Å². The molecule has 2 N–H and O–H groups in total. The third-order valence-electron chi connectivity index (χ3n) is 5.96. The van der Waals surface area contributed by atoms with Crippen LogP contribution in [0.5, 0.6) is 0 Å². The Hall–Kier alpha value is -4.84. The van der Waals surface area contributed by atoms with Crippen molar-refractivity contribution in [3.63, 3.8) is 0 Å². The summed E-state index contributed by atoms with van der Waals surface area (Å²) in [5.41, 5.74) is 0. The number of rotatable bonds is 13. The highest BCUT2D eigenvalue weighted by molar-refractivity contribution is 7.47. The molecule has 0 radical (unpaired) electrons. The lowest BCUT2D eigenvalue weighted by molar-refractivity contribution is -0.115. The molecule has 5 atom stereocenters. The highest BCUT2D eigenvalue weighted by atomic mass is 31.2. The molecule has 1 saturated heterocycles. The average Bonchev–Trinajstić information content (AvgIpc) is 3.31. The topological polar surface area (TPSA) is 103 Å². The second-order valence-electron chi connectivity index (χ2n) is 9.16. The summed E-state index contributed by atoms with van der Waals surface area (Å²) < 4.78 is 33.1. The number of phosphoric ester groups is 1. The molecule has 0 saturated carbocycles. The maximum Gasteiger partial charge on any atom is 0.472 e. The Bertz CT molecular complexity index is 1740. The molecule has 0 aromatic rings. The van der Waals surface area contributed by atoms with Gasteiger partial charge in [0, 0.05) is 50.4 Å². The van der Waals surface area contributed by atoms with Crippen molar-refractivity contribution in [1.29, 1.82) is 0 Å². The molecular weight excluding hydrogens is 600 g/mol. The third-order valence-corrected chi connectivity index (χ3v) is 6.93. The maximum absolute atomic E-state index is 12.0. The number of carbonyl (C=O) groups is 1. The van der Waals surface area contributed by atoms with Crippen LogP contribution in [-0.2, 0) is 27.9 Å². The van der Waals surface area contributed by atoms with Crippen molar-refractivity contribution in [2.24, 2.45) is 5.92 Å². The Kier molecular flexibility index (Phi) is 21.7. The van der Waals surface area contributed by atoms with Gasteiger partial charge in [0.25, 0.3) is 5.91 Å². The van der Waals surface area contributed by atoms with Crippen LogP contribution in [0.3, 0.4) is 0 Å². The molecule has 1 aliphatic heterocycles. The third kappa shape index (κ3) is 19.4. The van der Waals surface area contributed by atoms with E-state index in [9.17, 15) is 14.3 Å². The number of methoxy groups -OCH3 is 1. The van der Waals surface area contributed by atoms with Crippen LogP contribution in [0.25, 0.3) is 0 Å². The first kappa shape index (κ1) is 39.2. The largest absolute Gasteiger partial charge is 0.472 e. The number of phosphoric acid groups is 1. The Balaban J connectivity index is 2.28. The van der Waals surface area contributed by atoms with Crippen LogP contribution in [0, 0.1) is 124 Å². The van der Waals surface area contributed by atoms with E-state index in [0.717, 1.165) is 45.6 Å². The fourth-order valence-corrected chi connectivity index (χ4v) is 4.65. The standard InChI is InChI=1S/C36H33BNO7P/c1-4-5-6-7-8-9-10-11-12-13-14-15-16-17-18-19-20-23-26-29-34(39)38-30-27-24-21-22-25-28-32-35(45-46(40,41)43-3)33(31-42-2)44-36(32)37/h32-33,35-36H,21-22,24-25,27-28,30-31,37H2,1-3H3,(H,38,39)(H,40,41)/t32-,33+,35?,36+/m0/s1. The van der Waals surface area contributed by atoms with Gasteiger partial charge in [-0.25, -0.2) is 4.57 Å². The molecule has 10 heteroatoms. The predicted molar refractivity (Wildman–Crippen MR) is 178 cm³/mol. The first-order valence-electron chi connectivity index (χ1n) is 14.3. The fourth-order valence-electron chi connectivity index (χ4n) is 3.97. The van der Waals surface area contributed by atoms with Crippen molar-refractivity contribution in [3.05, 3.63) is 0 Å². The van der Waals surface area contributed by atoms with E-state index in [-0.39, 0.29) is 18.5 Å². The first-order chi connectivity index (χ1) is 22.3. The van der Waals surface area contributed by atoms with E-state index < -0.39 is 25.9 Å². The van der Waals surface area contributed by atoms with Crippen LogP contribution in [0.2, 0.25) is 0 Å². The second kappa shape index (κ2) is 25.5. The van der Waals surface area contributed by atoms with E-state index in [4.69, 9.17) is 14.0 Å². The highest BCUT2D eigenvalue weighted by Crippen LogP contribution is 2.48. The number of nitrogens with one attached hydrogen (secondary N) is 1. The summed E-state index contributed by atoms with van der Waals surface area (Å²) in [6, 6.07) is -0.133. The molecule has 1 heterocycles. The molecule has 8 nitrogen and oxygen atoms in total. The van der Waals surface area contributed by atoms with Gasteiger partial charge >= 0.3 is 7.82 Å². The summed E-state index contributed by atoms with van der Waals surface area (Å²) in [5.74, 6) is 49.6. The van der Waals surface area contributed by atoms with Gasteiger partial charge in [-0.3, -0.25) is 13.8 Å². The van der Waals surface area contributed by atoms with Crippen molar-refractivity contribution in [2.75, 3.05) is 27.4 Å².